The van der Waals surface area contributed by atoms with E-state index in [1.807, 2.05) is 40.6 Å². The van der Waals surface area contributed by atoms with Gasteiger partial charge in [0, 0.05) is 26.2 Å². The highest BCUT2D eigenvalue weighted by Crippen LogP contribution is 2.31. The van der Waals surface area contributed by atoms with Gasteiger partial charge in [-0.3, -0.25) is 14.5 Å². The smallest absolute Gasteiger partial charge is 0.268 e. The summed E-state index contributed by atoms with van der Waals surface area (Å²) in [7, 11) is 0. The first-order chi connectivity index (χ1) is 14.2. The maximum Gasteiger partial charge on any atom is 0.268 e. The lowest BCUT2D eigenvalue weighted by atomic mass is 10.2. The van der Waals surface area contributed by atoms with Crippen LogP contribution < -0.4 is 15.0 Å². The number of nitrogens with one attached hydrogen (secondary N) is 1. The number of benzene rings is 1. The lowest BCUT2D eigenvalue weighted by Crippen LogP contribution is -2.53. The molecule has 2 aromatic heterocycles. The number of para-hydroxylation sites is 2. The van der Waals surface area contributed by atoms with E-state index in [0.717, 1.165) is 5.52 Å². The zero-order valence-electron chi connectivity index (χ0n) is 15.7. The molecule has 5 rings (SSSR count). The Morgan fingerprint density at radius 1 is 1.17 bits per heavy atom. The fourth-order valence-corrected chi connectivity index (χ4v) is 4.41. The summed E-state index contributed by atoms with van der Waals surface area (Å²) in [5.74, 6) is 1.88. The maximum absolute atomic E-state index is 12.8. The van der Waals surface area contributed by atoms with Gasteiger partial charge in [0.1, 0.15) is 17.1 Å². The Morgan fingerprint density at radius 2 is 1.97 bits per heavy atom. The van der Waals surface area contributed by atoms with Gasteiger partial charge in [-0.05, 0) is 23.6 Å². The van der Waals surface area contributed by atoms with Crippen LogP contribution in [0.25, 0.3) is 10.2 Å². The van der Waals surface area contributed by atoms with E-state index < -0.39 is 6.10 Å². The van der Waals surface area contributed by atoms with Crippen molar-refractivity contribution in [1.82, 2.24) is 19.8 Å². The summed E-state index contributed by atoms with van der Waals surface area (Å²) in [6, 6.07) is 9.24. The minimum Gasteiger partial charge on any atom is -0.485 e. The van der Waals surface area contributed by atoms with Crippen molar-refractivity contribution in [2.75, 3.05) is 32.8 Å². The summed E-state index contributed by atoms with van der Waals surface area (Å²) in [4.78, 5) is 36.4. The number of hydrogen-bond acceptors (Lipinski definition) is 7. The van der Waals surface area contributed by atoms with Crippen molar-refractivity contribution < 1.29 is 14.3 Å². The van der Waals surface area contributed by atoms with Gasteiger partial charge in [-0.1, -0.05) is 12.1 Å². The number of ether oxygens (including phenoxy) is 2. The zero-order valence-corrected chi connectivity index (χ0v) is 16.5. The van der Waals surface area contributed by atoms with Crippen LogP contribution >= 0.6 is 11.3 Å². The average molecular weight is 412 g/mol. The second-order valence-electron chi connectivity index (χ2n) is 7.11. The molecule has 1 aromatic carbocycles. The predicted molar refractivity (Wildman–Crippen MR) is 108 cm³/mol. The van der Waals surface area contributed by atoms with Crippen LogP contribution in [0.15, 0.2) is 40.5 Å². The van der Waals surface area contributed by atoms with Crippen molar-refractivity contribution in [2.24, 2.45) is 0 Å². The molecule has 1 unspecified atom stereocenters. The van der Waals surface area contributed by atoms with Gasteiger partial charge in [-0.15, -0.1) is 11.3 Å². The highest BCUT2D eigenvalue weighted by Gasteiger charge is 2.32. The molecule has 3 aromatic rings. The number of H-pyrrole nitrogens is 1. The number of carbonyl (C=O) groups excluding carboxylic acids is 1. The van der Waals surface area contributed by atoms with Crippen LogP contribution in [0.4, 0.5) is 0 Å². The van der Waals surface area contributed by atoms with Crippen molar-refractivity contribution in [3.63, 3.8) is 0 Å². The minimum absolute atomic E-state index is 0.0506. The third kappa shape index (κ3) is 3.58. The van der Waals surface area contributed by atoms with Crippen molar-refractivity contribution in [1.29, 1.82) is 0 Å². The summed E-state index contributed by atoms with van der Waals surface area (Å²) in [6.45, 7) is 3.40. The maximum atomic E-state index is 12.8. The molecule has 150 valence electrons. The van der Waals surface area contributed by atoms with Crippen LogP contribution in [-0.4, -0.2) is 64.6 Å². The van der Waals surface area contributed by atoms with E-state index in [2.05, 4.69) is 14.9 Å². The van der Waals surface area contributed by atoms with Crippen molar-refractivity contribution in [3.05, 3.63) is 51.9 Å². The number of carbonyl (C=O) groups is 1. The van der Waals surface area contributed by atoms with Gasteiger partial charge in [-0.2, -0.15) is 0 Å². The number of aromatic amines is 1. The highest BCUT2D eigenvalue weighted by molar-refractivity contribution is 7.17. The summed E-state index contributed by atoms with van der Waals surface area (Å²) in [5.41, 5.74) is 0.640. The first-order valence-electron chi connectivity index (χ1n) is 9.53. The van der Waals surface area contributed by atoms with E-state index in [-0.39, 0.29) is 18.1 Å². The van der Waals surface area contributed by atoms with Crippen molar-refractivity contribution in [2.45, 2.75) is 12.6 Å². The minimum atomic E-state index is -0.615. The van der Waals surface area contributed by atoms with Gasteiger partial charge in [0.05, 0.1) is 12.1 Å². The third-order valence-corrected chi connectivity index (χ3v) is 6.11. The van der Waals surface area contributed by atoms with Gasteiger partial charge < -0.3 is 19.4 Å². The van der Waals surface area contributed by atoms with Gasteiger partial charge in [0.15, 0.2) is 11.5 Å². The first kappa shape index (κ1) is 18.1. The molecule has 1 fully saturated rings. The average Bonchev–Trinajstić information content (AvgIpc) is 3.23. The number of nitrogens with zero attached hydrogens (tertiary/aromatic N) is 3. The van der Waals surface area contributed by atoms with E-state index in [4.69, 9.17) is 9.47 Å². The molecule has 0 spiro atoms. The second-order valence-corrected chi connectivity index (χ2v) is 8.03. The Hall–Kier alpha value is -2.91. The molecule has 4 heterocycles. The van der Waals surface area contributed by atoms with Gasteiger partial charge in [0.2, 0.25) is 6.10 Å². The van der Waals surface area contributed by atoms with Crippen molar-refractivity contribution in [3.8, 4) is 11.5 Å². The Bertz CT molecular complexity index is 1100. The van der Waals surface area contributed by atoms with Crippen molar-refractivity contribution >= 4 is 27.5 Å². The summed E-state index contributed by atoms with van der Waals surface area (Å²) >= 11 is 1.40. The normalized spacial score (nSPS) is 19.4. The molecule has 1 amide bonds. The van der Waals surface area contributed by atoms with Gasteiger partial charge in [0.25, 0.3) is 11.5 Å². The monoisotopic (exact) mass is 412 g/mol. The number of rotatable bonds is 3. The van der Waals surface area contributed by atoms with Crippen LogP contribution in [0, 0.1) is 0 Å². The molecule has 0 bridgehead atoms. The van der Waals surface area contributed by atoms with Gasteiger partial charge >= 0.3 is 0 Å². The fourth-order valence-electron chi connectivity index (χ4n) is 3.68. The Morgan fingerprint density at radius 3 is 2.79 bits per heavy atom. The summed E-state index contributed by atoms with van der Waals surface area (Å²) < 4.78 is 12.2. The molecule has 29 heavy (non-hydrogen) atoms. The number of piperazine rings is 1. The molecule has 0 aliphatic carbocycles. The quantitative estimate of drug-likeness (QED) is 0.701. The number of amides is 1. The number of hydrogen-bond donors (Lipinski definition) is 1. The number of thiophene rings is 1. The second kappa shape index (κ2) is 7.49. The van der Waals surface area contributed by atoms with E-state index in [0.29, 0.717) is 54.7 Å². The third-order valence-electron chi connectivity index (χ3n) is 5.21. The molecule has 2 aliphatic rings. The SMILES string of the molecule is O=C(C1COc2ccccc2O1)N1CCN(Cc2nc3ccsc3c(=O)[nH]2)CC1. The lowest BCUT2D eigenvalue weighted by Gasteiger charge is -2.36. The molecular formula is C20H20N4O4S. The topological polar surface area (TPSA) is 87.8 Å². The molecule has 1 saturated heterocycles. The molecular weight excluding hydrogens is 392 g/mol. The molecule has 1 N–H and O–H groups in total. The van der Waals surface area contributed by atoms with Crippen LogP contribution in [0.5, 0.6) is 11.5 Å². The number of aromatic nitrogens is 2. The number of fused-ring (bicyclic) bond motifs is 2. The highest BCUT2D eigenvalue weighted by atomic mass is 32.1. The Labute approximate surface area is 170 Å². The van der Waals surface area contributed by atoms with Crippen LogP contribution in [0.1, 0.15) is 5.82 Å². The molecule has 8 nitrogen and oxygen atoms in total. The lowest BCUT2D eigenvalue weighted by molar-refractivity contribution is -0.143. The predicted octanol–water partition coefficient (Wildman–Crippen LogP) is 1.47. The standard InChI is InChI=1S/C20H20N4O4S/c25-19-18-13(5-10-29-18)21-17(22-19)11-23-6-8-24(9-7-23)20(26)16-12-27-14-3-1-2-4-15(14)28-16/h1-5,10,16H,6-9,11-12H2,(H,21,22,25). The van der Waals surface area contributed by atoms with E-state index in [1.165, 1.54) is 11.3 Å². The molecule has 0 saturated carbocycles. The largest absolute Gasteiger partial charge is 0.485 e. The van der Waals surface area contributed by atoms with Crippen LogP contribution in [0.3, 0.4) is 0 Å². The van der Waals surface area contributed by atoms with Crippen LogP contribution in [0.2, 0.25) is 0 Å². The molecule has 1 atom stereocenters. The Balaban J connectivity index is 1.19. The molecule has 2 aliphatic heterocycles. The van der Waals surface area contributed by atoms with E-state index >= 15 is 0 Å². The molecule has 0 radical (unpaired) electrons. The van der Waals surface area contributed by atoms with Crippen LogP contribution in [-0.2, 0) is 11.3 Å². The zero-order chi connectivity index (χ0) is 19.8. The first-order valence-corrected chi connectivity index (χ1v) is 10.4. The van der Waals surface area contributed by atoms with E-state index in [9.17, 15) is 9.59 Å². The summed E-state index contributed by atoms with van der Waals surface area (Å²) in [5, 5.41) is 1.87. The van der Waals surface area contributed by atoms with Gasteiger partial charge in [-0.25, -0.2) is 4.98 Å². The fraction of sp³-hybridized carbons (Fsp3) is 0.350. The summed E-state index contributed by atoms with van der Waals surface area (Å²) in [6.07, 6.45) is -0.615. The molecule has 9 heteroatoms. The Kier molecular flexibility index (Phi) is 4.69. The van der Waals surface area contributed by atoms with E-state index in [1.54, 1.807) is 0 Å².